The van der Waals surface area contributed by atoms with Gasteiger partial charge in [-0.05, 0) is 37.3 Å². The molecule has 0 heterocycles. The van der Waals surface area contributed by atoms with Crippen molar-refractivity contribution in [2.75, 3.05) is 18.5 Å². The average molecular weight is 296 g/mol. The van der Waals surface area contributed by atoms with Crippen LogP contribution in [0.5, 0.6) is 0 Å². The molecule has 0 unspecified atom stereocenters. The van der Waals surface area contributed by atoms with E-state index >= 15 is 0 Å². The SMILES string of the molecule is Cc1ccc(N(C)CC2CCCC2)c(CBr)c1. The highest BCUT2D eigenvalue weighted by Crippen LogP contribution is 2.29. The molecule has 2 rings (SSSR count). The van der Waals surface area contributed by atoms with Gasteiger partial charge in [0.1, 0.15) is 0 Å². The molecule has 1 fully saturated rings. The fourth-order valence-electron chi connectivity index (χ4n) is 2.87. The lowest BCUT2D eigenvalue weighted by Crippen LogP contribution is -2.24. The molecule has 0 spiro atoms. The number of anilines is 1. The molecule has 0 atom stereocenters. The van der Waals surface area contributed by atoms with E-state index in [-0.39, 0.29) is 0 Å². The van der Waals surface area contributed by atoms with Crippen LogP contribution >= 0.6 is 15.9 Å². The largest absolute Gasteiger partial charge is 0.374 e. The van der Waals surface area contributed by atoms with Crippen LogP contribution in [0.1, 0.15) is 36.8 Å². The lowest BCUT2D eigenvalue weighted by molar-refractivity contribution is 0.546. The van der Waals surface area contributed by atoms with Crippen molar-refractivity contribution in [1.82, 2.24) is 0 Å². The number of aryl methyl sites for hydroxylation is 1. The summed E-state index contributed by atoms with van der Waals surface area (Å²) in [6, 6.07) is 6.77. The van der Waals surface area contributed by atoms with Gasteiger partial charge in [-0.15, -0.1) is 0 Å². The molecule has 0 saturated heterocycles. The average Bonchev–Trinajstić information content (AvgIpc) is 2.81. The predicted molar refractivity (Wildman–Crippen MR) is 79.0 cm³/mol. The number of hydrogen-bond acceptors (Lipinski definition) is 1. The summed E-state index contributed by atoms with van der Waals surface area (Å²) in [5.74, 6) is 0.907. The lowest BCUT2D eigenvalue weighted by Gasteiger charge is -2.25. The van der Waals surface area contributed by atoms with Crippen molar-refractivity contribution >= 4 is 21.6 Å². The van der Waals surface area contributed by atoms with Crippen molar-refractivity contribution in [3.05, 3.63) is 29.3 Å². The molecule has 0 aromatic heterocycles. The summed E-state index contributed by atoms with van der Waals surface area (Å²) < 4.78 is 0. The maximum Gasteiger partial charge on any atom is 0.0405 e. The van der Waals surface area contributed by atoms with E-state index in [1.54, 1.807) is 0 Å². The van der Waals surface area contributed by atoms with Gasteiger partial charge in [0.15, 0.2) is 0 Å². The maximum absolute atomic E-state index is 3.60. The minimum Gasteiger partial charge on any atom is -0.374 e. The van der Waals surface area contributed by atoms with E-state index in [9.17, 15) is 0 Å². The van der Waals surface area contributed by atoms with E-state index in [1.807, 2.05) is 0 Å². The van der Waals surface area contributed by atoms with Crippen molar-refractivity contribution in [2.24, 2.45) is 5.92 Å². The zero-order valence-corrected chi connectivity index (χ0v) is 12.5. The van der Waals surface area contributed by atoms with Gasteiger partial charge in [-0.1, -0.05) is 46.5 Å². The van der Waals surface area contributed by atoms with Crippen LogP contribution in [0.2, 0.25) is 0 Å². The van der Waals surface area contributed by atoms with Crippen molar-refractivity contribution in [2.45, 2.75) is 37.9 Å². The smallest absolute Gasteiger partial charge is 0.0405 e. The Labute approximate surface area is 113 Å². The van der Waals surface area contributed by atoms with Crippen molar-refractivity contribution in [3.8, 4) is 0 Å². The number of benzene rings is 1. The number of nitrogens with zero attached hydrogens (tertiary/aromatic N) is 1. The van der Waals surface area contributed by atoms with Gasteiger partial charge in [0.05, 0.1) is 0 Å². The fraction of sp³-hybridized carbons (Fsp3) is 0.600. The van der Waals surface area contributed by atoms with Crippen LogP contribution in [0.3, 0.4) is 0 Å². The van der Waals surface area contributed by atoms with E-state index in [1.165, 1.54) is 49.0 Å². The first-order valence-corrected chi connectivity index (χ1v) is 7.69. The van der Waals surface area contributed by atoms with Crippen molar-refractivity contribution in [3.63, 3.8) is 0 Å². The lowest BCUT2D eigenvalue weighted by atomic mass is 10.1. The summed E-state index contributed by atoms with van der Waals surface area (Å²) in [6.45, 7) is 3.37. The summed E-state index contributed by atoms with van der Waals surface area (Å²) in [6.07, 6.45) is 5.69. The summed E-state index contributed by atoms with van der Waals surface area (Å²) >= 11 is 3.60. The van der Waals surface area contributed by atoms with Gasteiger partial charge in [-0.2, -0.15) is 0 Å². The first-order chi connectivity index (χ1) is 8.20. The summed E-state index contributed by atoms with van der Waals surface area (Å²) in [7, 11) is 2.23. The molecule has 1 aliphatic carbocycles. The van der Waals surface area contributed by atoms with Gasteiger partial charge in [-0.3, -0.25) is 0 Å². The third kappa shape index (κ3) is 3.25. The summed E-state index contributed by atoms with van der Waals surface area (Å²) in [5.41, 5.74) is 4.14. The van der Waals surface area contributed by atoms with Crippen LogP contribution < -0.4 is 4.90 Å². The van der Waals surface area contributed by atoms with Crippen LogP contribution in [-0.2, 0) is 5.33 Å². The van der Waals surface area contributed by atoms with Gasteiger partial charge < -0.3 is 4.90 Å². The number of hydrogen-bond donors (Lipinski definition) is 0. The minimum atomic E-state index is 0.907. The van der Waals surface area contributed by atoms with Crippen molar-refractivity contribution < 1.29 is 0 Å². The van der Waals surface area contributed by atoms with E-state index in [2.05, 4.69) is 53.0 Å². The predicted octanol–water partition coefficient (Wildman–Crippen LogP) is 4.52. The molecular weight excluding hydrogens is 274 g/mol. The highest BCUT2D eigenvalue weighted by molar-refractivity contribution is 9.08. The summed E-state index contributed by atoms with van der Waals surface area (Å²) in [5, 5.41) is 0.943. The highest BCUT2D eigenvalue weighted by Gasteiger charge is 2.18. The Bertz CT molecular complexity index is 369. The molecule has 1 saturated carbocycles. The Hall–Kier alpha value is -0.500. The Morgan fingerprint density at radius 1 is 1.29 bits per heavy atom. The Morgan fingerprint density at radius 3 is 2.65 bits per heavy atom. The molecule has 1 aromatic carbocycles. The monoisotopic (exact) mass is 295 g/mol. The molecule has 1 aromatic rings. The molecule has 0 aliphatic heterocycles. The van der Waals surface area contributed by atoms with Gasteiger partial charge in [0, 0.05) is 24.6 Å². The van der Waals surface area contributed by atoms with Gasteiger partial charge >= 0.3 is 0 Å². The third-order valence-electron chi connectivity index (χ3n) is 3.80. The highest BCUT2D eigenvalue weighted by atomic mass is 79.9. The minimum absolute atomic E-state index is 0.907. The van der Waals surface area contributed by atoms with E-state index in [0.717, 1.165) is 11.2 Å². The molecule has 1 nitrogen and oxygen atoms in total. The Balaban J connectivity index is 2.09. The standard InChI is InChI=1S/C15H22BrN/c1-12-7-8-15(14(9-12)10-16)17(2)11-13-5-3-4-6-13/h7-9,13H,3-6,10-11H2,1-2H3. The van der Waals surface area contributed by atoms with Gasteiger partial charge in [0.25, 0.3) is 0 Å². The third-order valence-corrected chi connectivity index (χ3v) is 4.40. The van der Waals surface area contributed by atoms with E-state index < -0.39 is 0 Å². The second-order valence-corrected chi connectivity index (χ2v) is 5.86. The maximum atomic E-state index is 3.60. The Morgan fingerprint density at radius 2 is 2.00 bits per heavy atom. The normalized spacial score (nSPS) is 16.4. The molecule has 0 radical (unpaired) electrons. The number of halogens is 1. The van der Waals surface area contributed by atoms with Gasteiger partial charge in [-0.25, -0.2) is 0 Å². The zero-order valence-electron chi connectivity index (χ0n) is 10.9. The van der Waals surface area contributed by atoms with E-state index in [0.29, 0.717) is 0 Å². The van der Waals surface area contributed by atoms with Crippen LogP contribution in [-0.4, -0.2) is 13.6 Å². The molecular formula is C15H22BrN. The van der Waals surface area contributed by atoms with Crippen LogP contribution in [0.15, 0.2) is 18.2 Å². The molecule has 17 heavy (non-hydrogen) atoms. The fourth-order valence-corrected chi connectivity index (χ4v) is 3.32. The van der Waals surface area contributed by atoms with Gasteiger partial charge in [0.2, 0.25) is 0 Å². The number of rotatable bonds is 4. The molecule has 0 N–H and O–H groups in total. The van der Waals surface area contributed by atoms with Crippen LogP contribution in [0.4, 0.5) is 5.69 Å². The Kier molecular flexibility index (Phi) is 4.49. The molecule has 2 heteroatoms. The second kappa shape index (κ2) is 5.90. The molecule has 94 valence electrons. The quantitative estimate of drug-likeness (QED) is 0.739. The zero-order chi connectivity index (χ0) is 12.3. The molecule has 0 bridgehead atoms. The topological polar surface area (TPSA) is 3.24 Å². The van der Waals surface area contributed by atoms with Crippen molar-refractivity contribution in [1.29, 1.82) is 0 Å². The van der Waals surface area contributed by atoms with E-state index in [4.69, 9.17) is 0 Å². The second-order valence-electron chi connectivity index (χ2n) is 5.30. The summed E-state index contributed by atoms with van der Waals surface area (Å²) in [4.78, 5) is 2.44. The molecule has 0 amide bonds. The van der Waals surface area contributed by atoms with Crippen LogP contribution in [0.25, 0.3) is 0 Å². The number of alkyl halides is 1. The first kappa shape index (κ1) is 12.9. The first-order valence-electron chi connectivity index (χ1n) is 6.57. The molecule has 1 aliphatic rings. The van der Waals surface area contributed by atoms with Crippen LogP contribution in [0, 0.1) is 12.8 Å².